The van der Waals surface area contributed by atoms with Crippen LogP contribution in [0.1, 0.15) is 12.5 Å². The molecule has 20 heavy (non-hydrogen) atoms. The van der Waals surface area contributed by atoms with Crippen LogP contribution in [0, 0.1) is 0 Å². The topological polar surface area (TPSA) is 68.3 Å². The van der Waals surface area contributed by atoms with Gasteiger partial charge in [-0.25, -0.2) is 13.4 Å². The highest BCUT2D eigenvalue weighted by Crippen LogP contribution is 2.17. The molecule has 0 aliphatic rings. The maximum absolute atomic E-state index is 12.2. The lowest BCUT2D eigenvalue weighted by Crippen LogP contribution is -2.13. The Labute approximate surface area is 118 Å². The number of aryl methyl sites for hydroxylation is 1. The van der Waals surface area contributed by atoms with Crippen molar-refractivity contribution >= 4 is 15.7 Å². The minimum Gasteiger partial charge on any atom is -0.481 e. The number of anilines is 1. The van der Waals surface area contributed by atoms with E-state index in [0.29, 0.717) is 11.6 Å². The fourth-order valence-electron chi connectivity index (χ4n) is 1.68. The van der Waals surface area contributed by atoms with Gasteiger partial charge in [0.2, 0.25) is 5.88 Å². The third-order valence-electron chi connectivity index (χ3n) is 2.84. The van der Waals surface area contributed by atoms with E-state index >= 15 is 0 Å². The number of nitrogens with one attached hydrogen (secondary N) is 1. The third kappa shape index (κ3) is 3.27. The van der Waals surface area contributed by atoms with Crippen LogP contribution in [0.15, 0.2) is 47.5 Å². The van der Waals surface area contributed by atoms with Crippen molar-refractivity contribution in [2.75, 3.05) is 11.8 Å². The summed E-state index contributed by atoms with van der Waals surface area (Å²) in [6.07, 6.45) is 2.28. The number of pyridine rings is 1. The Morgan fingerprint density at radius 1 is 1.15 bits per heavy atom. The maximum Gasteiger partial charge on any atom is 0.261 e. The fraction of sp³-hybridized carbons (Fsp3) is 0.214. The monoisotopic (exact) mass is 292 g/mol. The van der Waals surface area contributed by atoms with E-state index in [1.165, 1.54) is 13.3 Å². The van der Waals surface area contributed by atoms with Gasteiger partial charge in [-0.15, -0.1) is 0 Å². The van der Waals surface area contributed by atoms with E-state index in [-0.39, 0.29) is 4.90 Å². The minimum atomic E-state index is -3.59. The molecule has 0 unspecified atom stereocenters. The third-order valence-corrected chi connectivity index (χ3v) is 4.24. The van der Waals surface area contributed by atoms with E-state index in [1.54, 1.807) is 36.4 Å². The largest absolute Gasteiger partial charge is 0.481 e. The Morgan fingerprint density at radius 2 is 1.85 bits per heavy atom. The molecule has 2 rings (SSSR count). The minimum absolute atomic E-state index is 0.227. The molecule has 0 aliphatic heterocycles. The Hall–Kier alpha value is -2.08. The lowest BCUT2D eigenvalue weighted by atomic mass is 10.2. The zero-order valence-corrected chi connectivity index (χ0v) is 12.1. The van der Waals surface area contributed by atoms with E-state index in [9.17, 15) is 8.42 Å². The Bertz CT molecular complexity index is 665. The highest BCUT2D eigenvalue weighted by Gasteiger charge is 2.14. The summed E-state index contributed by atoms with van der Waals surface area (Å²) < 4.78 is 31.8. The fourth-order valence-corrected chi connectivity index (χ4v) is 2.72. The average Bonchev–Trinajstić information content (AvgIpc) is 2.48. The molecule has 5 nitrogen and oxygen atoms in total. The van der Waals surface area contributed by atoms with Crippen LogP contribution in [-0.4, -0.2) is 20.5 Å². The zero-order valence-electron chi connectivity index (χ0n) is 11.3. The van der Waals surface area contributed by atoms with Crippen LogP contribution >= 0.6 is 0 Å². The predicted octanol–water partition coefficient (Wildman–Crippen LogP) is 2.45. The molecule has 0 bridgehead atoms. The number of hydrogen-bond donors (Lipinski definition) is 1. The molecule has 0 radical (unpaired) electrons. The summed E-state index contributed by atoms with van der Waals surface area (Å²) in [7, 11) is -2.09. The number of ether oxygens (including phenoxy) is 1. The molecule has 0 atom stereocenters. The molecule has 0 saturated carbocycles. The van der Waals surface area contributed by atoms with Gasteiger partial charge in [-0.2, -0.15) is 0 Å². The number of rotatable bonds is 5. The van der Waals surface area contributed by atoms with Crippen LogP contribution in [0.25, 0.3) is 0 Å². The van der Waals surface area contributed by atoms with Gasteiger partial charge in [-0.3, -0.25) is 4.72 Å². The van der Waals surface area contributed by atoms with Gasteiger partial charge in [0.15, 0.2) is 0 Å². The quantitative estimate of drug-likeness (QED) is 0.919. The zero-order chi connectivity index (χ0) is 14.6. The predicted molar refractivity (Wildman–Crippen MR) is 77.4 cm³/mol. The van der Waals surface area contributed by atoms with Gasteiger partial charge < -0.3 is 4.74 Å². The summed E-state index contributed by atoms with van der Waals surface area (Å²) >= 11 is 0. The van der Waals surface area contributed by atoms with Crippen molar-refractivity contribution < 1.29 is 13.2 Å². The molecule has 0 fully saturated rings. The van der Waals surface area contributed by atoms with E-state index in [2.05, 4.69) is 9.71 Å². The molecule has 1 aromatic carbocycles. The van der Waals surface area contributed by atoms with Crippen LogP contribution < -0.4 is 9.46 Å². The summed E-state index contributed by atoms with van der Waals surface area (Å²) in [6.45, 7) is 2.02. The van der Waals surface area contributed by atoms with Gasteiger partial charge in [-0.05, 0) is 30.2 Å². The summed E-state index contributed by atoms with van der Waals surface area (Å²) in [5.74, 6) is 0.431. The molecule has 0 amide bonds. The first-order valence-corrected chi connectivity index (χ1v) is 7.65. The number of methoxy groups -OCH3 is 1. The highest BCUT2D eigenvalue weighted by molar-refractivity contribution is 7.92. The van der Waals surface area contributed by atoms with E-state index in [0.717, 1.165) is 12.0 Å². The standard InChI is InChI=1S/C14H16N2O3S/c1-3-11-4-7-13(8-5-11)20(17,18)16-12-6-9-14(19-2)15-10-12/h4-10,16H,3H2,1-2H3. The van der Waals surface area contributed by atoms with Crippen molar-refractivity contribution in [3.8, 4) is 5.88 Å². The van der Waals surface area contributed by atoms with Crippen LogP contribution in [0.4, 0.5) is 5.69 Å². The summed E-state index contributed by atoms with van der Waals surface area (Å²) in [6, 6.07) is 10.00. The highest BCUT2D eigenvalue weighted by atomic mass is 32.2. The maximum atomic E-state index is 12.2. The molecule has 1 aromatic heterocycles. The summed E-state index contributed by atoms with van der Waals surface area (Å²) in [5.41, 5.74) is 1.49. The van der Waals surface area contributed by atoms with Gasteiger partial charge in [0.1, 0.15) is 0 Å². The first kappa shape index (κ1) is 14.3. The molecule has 2 aromatic rings. The van der Waals surface area contributed by atoms with Crippen LogP contribution in [-0.2, 0) is 16.4 Å². The second kappa shape index (κ2) is 5.92. The van der Waals surface area contributed by atoms with Crippen molar-refractivity contribution in [2.45, 2.75) is 18.2 Å². The lowest BCUT2D eigenvalue weighted by molar-refractivity contribution is 0.398. The van der Waals surface area contributed by atoms with Gasteiger partial charge in [0.05, 0.1) is 23.9 Å². The van der Waals surface area contributed by atoms with Crippen molar-refractivity contribution in [3.63, 3.8) is 0 Å². The van der Waals surface area contributed by atoms with Crippen molar-refractivity contribution in [1.29, 1.82) is 0 Å². The van der Waals surface area contributed by atoms with Crippen LogP contribution in [0.3, 0.4) is 0 Å². The molecular weight excluding hydrogens is 276 g/mol. The second-order valence-corrected chi connectivity index (χ2v) is 5.87. The Morgan fingerprint density at radius 3 is 2.35 bits per heavy atom. The smallest absolute Gasteiger partial charge is 0.261 e. The van der Waals surface area contributed by atoms with Crippen LogP contribution in [0.2, 0.25) is 0 Å². The Kier molecular flexibility index (Phi) is 4.24. The first-order chi connectivity index (χ1) is 9.55. The summed E-state index contributed by atoms with van der Waals surface area (Å²) in [5, 5.41) is 0. The molecule has 1 heterocycles. The molecule has 1 N–H and O–H groups in total. The number of nitrogens with zero attached hydrogens (tertiary/aromatic N) is 1. The number of benzene rings is 1. The van der Waals surface area contributed by atoms with Gasteiger partial charge in [0.25, 0.3) is 10.0 Å². The normalized spacial score (nSPS) is 11.1. The van der Waals surface area contributed by atoms with Crippen molar-refractivity contribution in [2.24, 2.45) is 0 Å². The molecule has 0 aliphatic carbocycles. The van der Waals surface area contributed by atoms with Gasteiger partial charge in [-0.1, -0.05) is 19.1 Å². The summed E-state index contributed by atoms with van der Waals surface area (Å²) in [4.78, 5) is 4.18. The molecule has 6 heteroatoms. The number of aromatic nitrogens is 1. The SMILES string of the molecule is CCc1ccc(S(=O)(=O)Nc2ccc(OC)nc2)cc1. The molecule has 106 valence electrons. The molecule has 0 saturated heterocycles. The van der Waals surface area contributed by atoms with Gasteiger partial charge >= 0.3 is 0 Å². The second-order valence-electron chi connectivity index (χ2n) is 4.19. The number of sulfonamides is 1. The van der Waals surface area contributed by atoms with E-state index in [1.807, 2.05) is 6.92 Å². The van der Waals surface area contributed by atoms with Crippen molar-refractivity contribution in [3.05, 3.63) is 48.2 Å². The Balaban J connectivity index is 2.20. The van der Waals surface area contributed by atoms with Crippen LogP contribution in [0.5, 0.6) is 5.88 Å². The average molecular weight is 292 g/mol. The number of hydrogen-bond acceptors (Lipinski definition) is 4. The van der Waals surface area contributed by atoms with E-state index in [4.69, 9.17) is 4.74 Å². The van der Waals surface area contributed by atoms with E-state index < -0.39 is 10.0 Å². The molecule has 0 spiro atoms. The molecular formula is C14H16N2O3S. The van der Waals surface area contributed by atoms with Crippen molar-refractivity contribution in [1.82, 2.24) is 4.98 Å². The van der Waals surface area contributed by atoms with Gasteiger partial charge in [0, 0.05) is 6.07 Å². The first-order valence-electron chi connectivity index (χ1n) is 6.17. The lowest BCUT2D eigenvalue weighted by Gasteiger charge is -2.08.